The normalized spacial score (nSPS) is 30.8. The zero-order chi connectivity index (χ0) is 9.57. The Morgan fingerprint density at radius 2 is 2.08 bits per heavy atom. The summed E-state index contributed by atoms with van der Waals surface area (Å²) in [5.41, 5.74) is 10.7. The average molecular weight is 170 g/mol. The van der Waals surface area contributed by atoms with E-state index in [0.717, 1.165) is 6.42 Å². The Morgan fingerprint density at radius 3 is 2.17 bits per heavy atom. The summed E-state index contributed by atoms with van der Waals surface area (Å²) in [7, 11) is 0. The van der Waals surface area contributed by atoms with Crippen molar-refractivity contribution in [2.45, 2.75) is 27.2 Å². The molecule has 0 saturated heterocycles. The van der Waals surface area contributed by atoms with E-state index < -0.39 is 5.41 Å². The van der Waals surface area contributed by atoms with E-state index in [1.807, 2.05) is 6.92 Å². The minimum absolute atomic E-state index is 0.253. The maximum absolute atomic E-state index is 11.2. The molecule has 70 valence electrons. The summed E-state index contributed by atoms with van der Waals surface area (Å²) < 4.78 is 0. The van der Waals surface area contributed by atoms with Gasteiger partial charge in [-0.25, -0.2) is 0 Å². The van der Waals surface area contributed by atoms with Gasteiger partial charge in [0.1, 0.15) is 0 Å². The number of carbonyl (C=O) groups is 1. The Bertz CT molecular complexity index is 213. The summed E-state index contributed by atoms with van der Waals surface area (Å²) in [5.74, 6) is 0.105. The molecule has 0 aromatic carbocycles. The Labute approximate surface area is 73.5 Å². The summed E-state index contributed by atoms with van der Waals surface area (Å²) in [6.45, 7) is 6.52. The molecule has 12 heavy (non-hydrogen) atoms. The van der Waals surface area contributed by atoms with Crippen molar-refractivity contribution in [1.29, 1.82) is 0 Å². The first-order valence-corrected chi connectivity index (χ1v) is 4.34. The molecule has 0 aliphatic heterocycles. The van der Waals surface area contributed by atoms with Gasteiger partial charge in [0.05, 0.1) is 5.41 Å². The highest BCUT2D eigenvalue weighted by Crippen LogP contribution is 2.60. The molecule has 0 bridgehead atoms. The van der Waals surface area contributed by atoms with Crippen molar-refractivity contribution in [3.8, 4) is 0 Å². The van der Waals surface area contributed by atoms with E-state index in [1.165, 1.54) is 0 Å². The minimum Gasteiger partial charge on any atom is -0.369 e. The molecule has 1 rings (SSSR count). The third-order valence-electron chi connectivity index (χ3n) is 3.27. The maximum atomic E-state index is 11.2. The molecule has 0 aromatic heterocycles. The lowest BCUT2D eigenvalue weighted by molar-refractivity contribution is -0.127. The van der Waals surface area contributed by atoms with Gasteiger partial charge in [0.2, 0.25) is 5.91 Å². The van der Waals surface area contributed by atoms with Gasteiger partial charge in [-0.1, -0.05) is 13.8 Å². The molecule has 4 N–H and O–H groups in total. The standard InChI is InChI=1S/C9H18N2O/c1-8(2)4-6(8)9(3,5-10)7(11)12/h6H,4-5,10H2,1-3H3,(H2,11,12). The van der Waals surface area contributed by atoms with Crippen molar-refractivity contribution in [1.82, 2.24) is 0 Å². The van der Waals surface area contributed by atoms with Crippen LogP contribution in [0.1, 0.15) is 27.2 Å². The number of hydrogen-bond acceptors (Lipinski definition) is 2. The van der Waals surface area contributed by atoms with Crippen LogP contribution >= 0.6 is 0 Å². The van der Waals surface area contributed by atoms with E-state index >= 15 is 0 Å². The molecular weight excluding hydrogens is 152 g/mol. The van der Waals surface area contributed by atoms with E-state index in [4.69, 9.17) is 11.5 Å². The quantitative estimate of drug-likeness (QED) is 0.647. The summed E-state index contributed by atoms with van der Waals surface area (Å²) in [6, 6.07) is 0. The van der Waals surface area contributed by atoms with Crippen molar-refractivity contribution >= 4 is 5.91 Å². The maximum Gasteiger partial charge on any atom is 0.224 e. The van der Waals surface area contributed by atoms with Crippen LogP contribution in [0.5, 0.6) is 0 Å². The number of carbonyl (C=O) groups excluding carboxylic acids is 1. The number of primary amides is 1. The summed E-state index contributed by atoms with van der Waals surface area (Å²) in [6.07, 6.45) is 1.06. The Morgan fingerprint density at radius 1 is 1.67 bits per heavy atom. The highest BCUT2D eigenvalue weighted by Gasteiger charge is 2.57. The lowest BCUT2D eigenvalue weighted by Crippen LogP contribution is -2.43. The zero-order valence-electron chi connectivity index (χ0n) is 8.05. The van der Waals surface area contributed by atoms with Crippen LogP contribution in [0.15, 0.2) is 0 Å². The van der Waals surface area contributed by atoms with Crippen molar-refractivity contribution in [3.05, 3.63) is 0 Å². The van der Waals surface area contributed by atoms with Crippen LogP contribution < -0.4 is 11.5 Å². The van der Waals surface area contributed by atoms with Gasteiger partial charge < -0.3 is 11.5 Å². The molecule has 2 atom stereocenters. The van der Waals surface area contributed by atoms with Crippen LogP contribution in [-0.4, -0.2) is 12.5 Å². The Balaban J connectivity index is 2.77. The minimum atomic E-state index is -0.497. The average Bonchev–Trinajstić information content (AvgIpc) is 2.58. The van der Waals surface area contributed by atoms with Gasteiger partial charge in [-0.2, -0.15) is 0 Å². The highest BCUT2D eigenvalue weighted by atomic mass is 16.1. The molecule has 3 nitrogen and oxygen atoms in total. The molecule has 0 aromatic rings. The number of hydrogen-bond donors (Lipinski definition) is 2. The lowest BCUT2D eigenvalue weighted by Gasteiger charge is -2.25. The first-order valence-electron chi connectivity index (χ1n) is 4.34. The predicted octanol–water partition coefficient (Wildman–Crippen LogP) is 0.483. The fourth-order valence-corrected chi connectivity index (χ4v) is 1.97. The van der Waals surface area contributed by atoms with Gasteiger partial charge in [0.15, 0.2) is 0 Å². The fourth-order valence-electron chi connectivity index (χ4n) is 1.97. The largest absolute Gasteiger partial charge is 0.369 e. The number of amides is 1. The third kappa shape index (κ3) is 1.22. The van der Waals surface area contributed by atoms with E-state index in [1.54, 1.807) is 0 Å². The van der Waals surface area contributed by atoms with Crippen molar-refractivity contribution in [3.63, 3.8) is 0 Å². The van der Waals surface area contributed by atoms with Crippen LogP contribution in [0.4, 0.5) is 0 Å². The molecular formula is C9H18N2O. The van der Waals surface area contributed by atoms with Crippen molar-refractivity contribution in [2.75, 3.05) is 6.54 Å². The van der Waals surface area contributed by atoms with Crippen LogP contribution in [0.25, 0.3) is 0 Å². The van der Waals surface area contributed by atoms with Gasteiger partial charge >= 0.3 is 0 Å². The molecule has 0 heterocycles. The van der Waals surface area contributed by atoms with Crippen LogP contribution in [-0.2, 0) is 4.79 Å². The van der Waals surface area contributed by atoms with Crippen molar-refractivity contribution < 1.29 is 4.79 Å². The molecule has 1 saturated carbocycles. The molecule has 1 amide bonds. The van der Waals surface area contributed by atoms with E-state index in [0.29, 0.717) is 12.5 Å². The van der Waals surface area contributed by atoms with Gasteiger partial charge in [-0.15, -0.1) is 0 Å². The molecule has 0 spiro atoms. The van der Waals surface area contributed by atoms with E-state index in [9.17, 15) is 4.79 Å². The monoisotopic (exact) mass is 170 g/mol. The predicted molar refractivity (Wildman–Crippen MR) is 48.2 cm³/mol. The Hall–Kier alpha value is -0.570. The smallest absolute Gasteiger partial charge is 0.224 e. The topological polar surface area (TPSA) is 69.1 Å². The first-order chi connectivity index (χ1) is 5.34. The second-order valence-corrected chi connectivity index (χ2v) is 4.73. The third-order valence-corrected chi connectivity index (χ3v) is 3.27. The van der Waals surface area contributed by atoms with Gasteiger partial charge in [-0.3, -0.25) is 4.79 Å². The molecule has 1 aliphatic carbocycles. The van der Waals surface area contributed by atoms with E-state index in [2.05, 4.69) is 13.8 Å². The van der Waals surface area contributed by atoms with Gasteiger partial charge in [0.25, 0.3) is 0 Å². The molecule has 3 heteroatoms. The van der Waals surface area contributed by atoms with E-state index in [-0.39, 0.29) is 11.3 Å². The Kier molecular flexibility index (Phi) is 1.95. The number of nitrogens with two attached hydrogens (primary N) is 2. The van der Waals surface area contributed by atoms with Crippen LogP contribution in [0.2, 0.25) is 0 Å². The summed E-state index contributed by atoms with van der Waals surface area (Å²) in [5, 5.41) is 0. The molecule has 0 radical (unpaired) electrons. The lowest BCUT2D eigenvalue weighted by atomic mass is 9.81. The summed E-state index contributed by atoms with van der Waals surface area (Å²) in [4.78, 5) is 11.2. The summed E-state index contributed by atoms with van der Waals surface area (Å²) >= 11 is 0. The SMILES string of the molecule is CC1(C)CC1C(C)(CN)C(N)=O. The van der Waals surface area contributed by atoms with Gasteiger partial charge in [0, 0.05) is 6.54 Å². The zero-order valence-corrected chi connectivity index (χ0v) is 8.05. The first kappa shape index (κ1) is 9.52. The molecule has 1 fully saturated rings. The second kappa shape index (κ2) is 2.46. The van der Waals surface area contributed by atoms with Crippen LogP contribution in [0.3, 0.4) is 0 Å². The molecule has 1 aliphatic rings. The highest BCUT2D eigenvalue weighted by molar-refractivity contribution is 5.81. The number of rotatable bonds is 3. The van der Waals surface area contributed by atoms with Crippen LogP contribution in [0, 0.1) is 16.7 Å². The molecule has 2 unspecified atom stereocenters. The van der Waals surface area contributed by atoms with Gasteiger partial charge in [-0.05, 0) is 24.7 Å². The second-order valence-electron chi connectivity index (χ2n) is 4.73. The fraction of sp³-hybridized carbons (Fsp3) is 0.889. The van der Waals surface area contributed by atoms with Crippen molar-refractivity contribution in [2.24, 2.45) is 28.2 Å².